The van der Waals surface area contributed by atoms with E-state index in [1.165, 1.54) is 11.3 Å². The Morgan fingerprint density at radius 1 is 1.65 bits per heavy atom. The predicted octanol–water partition coefficient (Wildman–Crippen LogP) is 3.61. The molecule has 2 heterocycles. The first-order valence-corrected chi connectivity index (χ1v) is 7.29. The number of Topliss-reactive ketones (excluding diaryl/α,β-unsaturated/α-hetero) is 1. The Bertz CT molecular complexity index is 407. The minimum absolute atomic E-state index is 0.206. The quantitative estimate of drug-likeness (QED) is 0.848. The second-order valence-corrected chi connectivity index (χ2v) is 6.61. The normalized spacial score (nSPS) is 24.5. The van der Waals surface area contributed by atoms with Crippen molar-refractivity contribution in [1.29, 1.82) is 0 Å². The maximum Gasteiger partial charge on any atom is 0.180 e. The number of hydrogen-bond acceptors (Lipinski definition) is 3. The Balaban J connectivity index is 2.24. The molecule has 2 rings (SSSR count). The summed E-state index contributed by atoms with van der Waals surface area (Å²) in [5, 5.41) is 5.83. The summed E-state index contributed by atoms with van der Waals surface area (Å²) >= 11 is 7.37. The van der Waals surface area contributed by atoms with Crippen LogP contribution < -0.4 is 5.32 Å². The van der Waals surface area contributed by atoms with Gasteiger partial charge < -0.3 is 5.32 Å². The van der Waals surface area contributed by atoms with Crippen LogP contribution in [0.3, 0.4) is 0 Å². The van der Waals surface area contributed by atoms with Crippen LogP contribution in [0, 0.1) is 11.3 Å². The summed E-state index contributed by atoms with van der Waals surface area (Å²) in [6.07, 6.45) is 1.90. The van der Waals surface area contributed by atoms with E-state index in [4.69, 9.17) is 11.6 Å². The monoisotopic (exact) mass is 271 g/mol. The van der Waals surface area contributed by atoms with E-state index in [2.05, 4.69) is 19.2 Å². The summed E-state index contributed by atoms with van der Waals surface area (Å²) in [6, 6.07) is 1.80. The number of rotatable bonds is 4. The van der Waals surface area contributed by atoms with E-state index in [0.717, 1.165) is 30.8 Å². The third-order valence-corrected chi connectivity index (χ3v) is 4.59. The predicted molar refractivity (Wildman–Crippen MR) is 73.0 cm³/mol. The number of hydrogen-bond donors (Lipinski definition) is 1. The molecule has 4 heteroatoms. The number of carbonyl (C=O) groups excluding carboxylic acids is 1. The SMILES string of the molecule is CC(C)CC1(C(=O)c2cc(Cl)cs2)CCNC1. The Morgan fingerprint density at radius 3 is 2.88 bits per heavy atom. The van der Waals surface area contributed by atoms with Crippen molar-refractivity contribution >= 4 is 28.7 Å². The molecule has 1 fully saturated rings. The molecule has 1 aliphatic rings. The number of thiophene rings is 1. The standard InChI is InChI=1S/C13H18ClNOS/c1-9(2)6-13(3-4-15-8-13)12(16)11-5-10(14)7-17-11/h5,7,9,15H,3-4,6,8H2,1-2H3. The largest absolute Gasteiger partial charge is 0.316 e. The van der Waals surface area contributed by atoms with Crippen LogP contribution in [0.1, 0.15) is 36.4 Å². The van der Waals surface area contributed by atoms with Crippen LogP contribution in [0.4, 0.5) is 0 Å². The van der Waals surface area contributed by atoms with E-state index in [1.807, 2.05) is 5.38 Å². The van der Waals surface area contributed by atoms with Crippen LogP contribution in [0.5, 0.6) is 0 Å². The van der Waals surface area contributed by atoms with Crippen LogP contribution >= 0.6 is 22.9 Å². The van der Waals surface area contributed by atoms with Gasteiger partial charge in [0, 0.05) is 17.3 Å². The van der Waals surface area contributed by atoms with Gasteiger partial charge in [-0.15, -0.1) is 11.3 Å². The molecule has 94 valence electrons. The molecule has 0 bridgehead atoms. The van der Waals surface area contributed by atoms with E-state index < -0.39 is 0 Å². The molecule has 0 aromatic carbocycles. The zero-order valence-corrected chi connectivity index (χ0v) is 11.8. The summed E-state index contributed by atoms with van der Waals surface area (Å²) < 4.78 is 0. The molecule has 1 N–H and O–H groups in total. The third kappa shape index (κ3) is 2.72. The van der Waals surface area contributed by atoms with Crippen LogP contribution in [-0.4, -0.2) is 18.9 Å². The van der Waals surface area contributed by atoms with Gasteiger partial charge in [-0.2, -0.15) is 0 Å². The van der Waals surface area contributed by atoms with E-state index in [0.29, 0.717) is 10.9 Å². The van der Waals surface area contributed by atoms with Crippen LogP contribution in [0.25, 0.3) is 0 Å². The van der Waals surface area contributed by atoms with E-state index >= 15 is 0 Å². The maximum absolute atomic E-state index is 12.6. The van der Waals surface area contributed by atoms with Crippen molar-refractivity contribution in [1.82, 2.24) is 5.32 Å². The highest BCUT2D eigenvalue weighted by atomic mass is 35.5. The minimum Gasteiger partial charge on any atom is -0.316 e. The molecule has 17 heavy (non-hydrogen) atoms. The molecule has 2 nitrogen and oxygen atoms in total. The van der Waals surface area contributed by atoms with Crippen molar-refractivity contribution in [3.05, 3.63) is 21.3 Å². The molecule has 0 saturated carbocycles. The summed E-state index contributed by atoms with van der Waals surface area (Å²) in [7, 11) is 0. The van der Waals surface area contributed by atoms with Crippen molar-refractivity contribution in [2.45, 2.75) is 26.7 Å². The van der Waals surface area contributed by atoms with Gasteiger partial charge in [0.05, 0.1) is 9.90 Å². The molecule has 1 unspecified atom stereocenters. The van der Waals surface area contributed by atoms with Gasteiger partial charge in [0.25, 0.3) is 0 Å². The zero-order chi connectivity index (χ0) is 12.5. The topological polar surface area (TPSA) is 29.1 Å². The average Bonchev–Trinajstić information content (AvgIpc) is 2.86. The molecule has 0 radical (unpaired) electrons. The van der Waals surface area contributed by atoms with Crippen LogP contribution in [0.2, 0.25) is 5.02 Å². The highest BCUT2D eigenvalue weighted by molar-refractivity contribution is 7.12. The average molecular weight is 272 g/mol. The zero-order valence-electron chi connectivity index (χ0n) is 10.3. The molecule has 1 saturated heterocycles. The Kier molecular flexibility index (Phi) is 3.91. The third-order valence-electron chi connectivity index (χ3n) is 3.32. The fourth-order valence-corrected chi connectivity index (χ4v) is 3.81. The summed E-state index contributed by atoms with van der Waals surface area (Å²) in [4.78, 5) is 13.4. The van der Waals surface area contributed by atoms with Gasteiger partial charge in [0.2, 0.25) is 0 Å². The lowest BCUT2D eigenvalue weighted by Crippen LogP contribution is -2.34. The smallest absolute Gasteiger partial charge is 0.180 e. The molecule has 1 aromatic heterocycles. The van der Waals surface area contributed by atoms with Gasteiger partial charge in [-0.1, -0.05) is 25.4 Å². The highest BCUT2D eigenvalue weighted by Gasteiger charge is 2.42. The number of halogens is 1. The van der Waals surface area contributed by atoms with E-state index in [1.54, 1.807) is 6.07 Å². The Hall–Kier alpha value is -0.380. The summed E-state index contributed by atoms with van der Waals surface area (Å²) in [5.41, 5.74) is -0.206. The Morgan fingerprint density at radius 2 is 2.41 bits per heavy atom. The number of carbonyl (C=O) groups is 1. The van der Waals surface area contributed by atoms with Crippen molar-refractivity contribution in [2.75, 3.05) is 13.1 Å². The molecular weight excluding hydrogens is 254 g/mol. The van der Waals surface area contributed by atoms with E-state index in [-0.39, 0.29) is 11.2 Å². The van der Waals surface area contributed by atoms with Crippen molar-refractivity contribution in [2.24, 2.45) is 11.3 Å². The molecule has 1 aromatic rings. The van der Waals surface area contributed by atoms with E-state index in [9.17, 15) is 4.79 Å². The molecule has 0 amide bonds. The summed E-state index contributed by atoms with van der Waals surface area (Å²) in [6.45, 7) is 6.10. The van der Waals surface area contributed by atoms with Gasteiger partial charge in [-0.05, 0) is 31.4 Å². The fraction of sp³-hybridized carbons (Fsp3) is 0.615. The van der Waals surface area contributed by atoms with Crippen LogP contribution in [-0.2, 0) is 0 Å². The summed E-state index contributed by atoms with van der Waals surface area (Å²) in [5.74, 6) is 0.808. The lowest BCUT2D eigenvalue weighted by molar-refractivity contribution is 0.0787. The van der Waals surface area contributed by atoms with Gasteiger partial charge in [0.1, 0.15) is 0 Å². The second-order valence-electron chi connectivity index (χ2n) is 5.26. The lowest BCUT2D eigenvalue weighted by Gasteiger charge is -2.27. The molecule has 0 aliphatic carbocycles. The first-order valence-electron chi connectivity index (χ1n) is 6.03. The van der Waals surface area contributed by atoms with Crippen molar-refractivity contribution in [3.8, 4) is 0 Å². The van der Waals surface area contributed by atoms with Gasteiger partial charge in [-0.3, -0.25) is 4.79 Å². The van der Waals surface area contributed by atoms with Gasteiger partial charge in [0.15, 0.2) is 5.78 Å². The molecular formula is C13H18ClNOS. The minimum atomic E-state index is -0.206. The highest BCUT2D eigenvalue weighted by Crippen LogP contribution is 2.38. The second kappa shape index (κ2) is 5.09. The van der Waals surface area contributed by atoms with Gasteiger partial charge >= 0.3 is 0 Å². The Labute approximate surface area is 111 Å². The first kappa shape index (κ1) is 13.1. The lowest BCUT2D eigenvalue weighted by atomic mass is 9.75. The maximum atomic E-state index is 12.6. The number of ketones is 1. The molecule has 1 atom stereocenters. The van der Waals surface area contributed by atoms with Crippen molar-refractivity contribution < 1.29 is 4.79 Å². The number of nitrogens with one attached hydrogen (secondary N) is 1. The van der Waals surface area contributed by atoms with Gasteiger partial charge in [-0.25, -0.2) is 0 Å². The van der Waals surface area contributed by atoms with Crippen molar-refractivity contribution in [3.63, 3.8) is 0 Å². The molecule has 0 spiro atoms. The first-order chi connectivity index (χ1) is 8.03. The van der Waals surface area contributed by atoms with Crippen LogP contribution in [0.15, 0.2) is 11.4 Å². The fourth-order valence-electron chi connectivity index (χ4n) is 2.68. The molecule has 1 aliphatic heterocycles.